The van der Waals surface area contributed by atoms with Gasteiger partial charge in [0.25, 0.3) is 0 Å². The molecule has 0 aromatic heterocycles. The predicted octanol–water partition coefficient (Wildman–Crippen LogP) is 1.67. The third-order valence-corrected chi connectivity index (χ3v) is 3.59. The molecule has 0 radical (unpaired) electrons. The summed E-state index contributed by atoms with van der Waals surface area (Å²) in [5, 5.41) is 3.48. The van der Waals surface area contributed by atoms with Crippen molar-refractivity contribution in [3.05, 3.63) is 24.3 Å². The van der Waals surface area contributed by atoms with E-state index >= 15 is 0 Å². The fourth-order valence-corrected chi connectivity index (χ4v) is 2.37. The Kier molecular flexibility index (Phi) is 5.68. The first-order valence-corrected chi connectivity index (χ1v) is 7.22. The van der Waals surface area contributed by atoms with Crippen LogP contribution in [0.4, 0.5) is 10.5 Å². The van der Waals surface area contributed by atoms with Crippen LogP contribution in [-0.4, -0.2) is 50.4 Å². The van der Waals surface area contributed by atoms with Crippen LogP contribution < -0.4 is 15.8 Å². The minimum absolute atomic E-state index is 0.328. The largest absolute Gasteiger partial charge is 0.491 e. The van der Waals surface area contributed by atoms with Crippen molar-refractivity contribution >= 4 is 11.7 Å². The number of likely N-dealkylation sites (tertiary alicyclic amines) is 1. The van der Waals surface area contributed by atoms with Crippen molar-refractivity contribution in [3.8, 4) is 5.75 Å². The van der Waals surface area contributed by atoms with E-state index in [2.05, 4.69) is 5.32 Å². The zero-order valence-electron chi connectivity index (χ0n) is 12.4. The number of primary amides is 1. The molecule has 0 saturated carbocycles. The molecule has 1 saturated heterocycles. The summed E-state index contributed by atoms with van der Waals surface area (Å²) in [6.07, 6.45) is 1.82. The number of anilines is 1. The Morgan fingerprint density at radius 2 is 1.95 bits per heavy atom. The fourth-order valence-electron chi connectivity index (χ4n) is 2.37. The standard InChI is InChI=1S/C15H23N3O3/c1-20-10-11-21-14-4-2-12(3-5-14)17-13-6-8-18(9-7-13)15(16)19/h2-5,13,17H,6-11H2,1H3,(H2,16,19). The first-order chi connectivity index (χ1) is 10.2. The number of ether oxygens (including phenoxy) is 2. The van der Waals surface area contributed by atoms with E-state index in [1.54, 1.807) is 12.0 Å². The van der Waals surface area contributed by atoms with Gasteiger partial charge in [0.15, 0.2) is 0 Å². The quantitative estimate of drug-likeness (QED) is 0.782. The molecule has 0 spiro atoms. The van der Waals surface area contributed by atoms with Gasteiger partial charge < -0.3 is 25.4 Å². The van der Waals surface area contributed by atoms with E-state index in [4.69, 9.17) is 15.2 Å². The summed E-state index contributed by atoms with van der Waals surface area (Å²) in [5.41, 5.74) is 6.34. The van der Waals surface area contributed by atoms with Crippen LogP contribution in [0.15, 0.2) is 24.3 Å². The summed E-state index contributed by atoms with van der Waals surface area (Å²) in [5.74, 6) is 0.834. The number of rotatable bonds is 6. The molecule has 0 bridgehead atoms. The molecule has 3 N–H and O–H groups in total. The first kappa shape index (κ1) is 15.4. The maximum absolute atomic E-state index is 11.1. The fraction of sp³-hybridized carbons (Fsp3) is 0.533. The van der Waals surface area contributed by atoms with Gasteiger partial charge in [0.1, 0.15) is 12.4 Å². The number of nitrogens with zero attached hydrogens (tertiary/aromatic N) is 1. The van der Waals surface area contributed by atoms with Crippen LogP contribution in [0.5, 0.6) is 5.75 Å². The number of nitrogens with one attached hydrogen (secondary N) is 1. The Morgan fingerprint density at radius 1 is 1.29 bits per heavy atom. The van der Waals surface area contributed by atoms with Crippen LogP contribution in [0.3, 0.4) is 0 Å². The second-order valence-electron chi connectivity index (χ2n) is 5.11. The highest BCUT2D eigenvalue weighted by atomic mass is 16.5. The molecule has 1 aliphatic heterocycles. The lowest BCUT2D eigenvalue weighted by atomic mass is 10.0. The van der Waals surface area contributed by atoms with Gasteiger partial charge >= 0.3 is 6.03 Å². The van der Waals surface area contributed by atoms with Gasteiger partial charge in [-0.3, -0.25) is 0 Å². The van der Waals surface area contributed by atoms with Gasteiger partial charge in [-0.1, -0.05) is 0 Å². The molecule has 2 amide bonds. The van der Waals surface area contributed by atoms with E-state index in [0.29, 0.717) is 32.3 Å². The average Bonchev–Trinajstić information content (AvgIpc) is 2.50. The normalized spacial score (nSPS) is 15.8. The number of methoxy groups -OCH3 is 1. The van der Waals surface area contributed by atoms with Gasteiger partial charge in [-0.05, 0) is 37.1 Å². The monoisotopic (exact) mass is 293 g/mol. The molecule has 0 atom stereocenters. The molecule has 1 aromatic rings. The van der Waals surface area contributed by atoms with Crippen LogP contribution in [0.2, 0.25) is 0 Å². The van der Waals surface area contributed by atoms with Gasteiger partial charge in [0.05, 0.1) is 6.61 Å². The smallest absolute Gasteiger partial charge is 0.314 e. The predicted molar refractivity (Wildman–Crippen MR) is 81.6 cm³/mol. The summed E-state index contributed by atoms with van der Waals surface area (Å²) in [6.45, 7) is 2.56. The second kappa shape index (κ2) is 7.73. The number of benzene rings is 1. The van der Waals surface area contributed by atoms with Crippen molar-refractivity contribution in [2.24, 2.45) is 5.73 Å². The number of carbonyl (C=O) groups excluding carboxylic acids is 1. The third kappa shape index (κ3) is 4.82. The SMILES string of the molecule is COCCOc1ccc(NC2CCN(C(N)=O)CC2)cc1. The molecule has 0 aliphatic carbocycles. The maximum atomic E-state index is 11.1. The van der Waals surface area contributed by atoms with Gasteiger partial charge in [-0.15, -0.1) is 0 Å². The highest BCUT2D eigenvalue weighted by molar-refractivity contribution is 5.72. The molecule has 116 valence electrons. The Balaban J connectivity index is 1.77. The minimum Gasteiger partial charge on any atom is -0.491 e. The lowest BCUT2D eigenvalue weighted by Gasteiger charge is -2.31. The van der Waals surface area contributed by atoms with Crippen LogP contribution in [0, 0.1) is 0 Å². The Bertz CT molecular complexity index is 442. The van der Waals surface area contributed by atoms with E-state index in [9.17, 15) is 4.79 Å². The molecular formula is C15H23N3O3. The second-order valence-corrected chi connectivity index (χ2v) is 5.11. The van der Waals surface area contributed by atoms with E-state index in [1.807, 2.05) is 24.3 Å². The Morgan fingerprint density at radius 3 is 2.52 bits per heavy atom. The Hall–Kier alpha value is -1.95. The van der Waals surface area contributed by atoms with E-state index in [0.717, 1.165) is 24.3 Å². The topological polar surface area (TPSA) is 76.8 Å². The van der Waals surface area contributed by atoms with Crippen molar-refractivity contribution in [1.82, 2.24) is 4.90 Å². The minimum atomic E-state index is -0.328. The highest BCUT2D eigenvalue weighted by Gasteiger charge is 2.20. The molecule has 1 aromatic carbocycles. The van der Waals surface area contributed by atoms with Crippen molar-refractivity contribution in [3.63, 3.8) is 0 Å². The van der Waals surface area contributed by atoms with Crippen LogP contribution in [0.25, 0.3) is 0 Å². The van der Waals surface area contributed by atoms with E-state index in [-0.39, 0.29) is 6.03 Å². The summed E-state index contributed by atoms with van der Waals surface area (Å²) >= 11 is 0. The summed E-state index contributed by atoms with van der Waals surface area (Å²) in [6, 6.07) is 7.94. The molecule has 2 rings (SSSR count). The lowest BCUT2D eigenvalue weighted by Crippen LogP contribution is -2.44. The summed E-state index contributed by atoms with van der Waals surface area (Å²) in [4.78, 5) is 12.8. The molecular weight excluding hydrogens is 270 g/mol. The van der Waals surface area contributed by atoms with Crippen LogP contribution in [-0.2, 0) is 4.74 Å². The maximum Gasteiger partial charge on any atom is 0.314 e. The molecule has 6 heteroatoms. The van der Waals surface area contributed by atoms with E-state index in [1.165, 1.54) is 0 Å². The van der Waals surface area contributed by atoms with Gasteiger partial charge in [0, 0.05) is 31.9 Å². The van der Waals surface area contributed by atoms with Crippen molar-refractivity contribution < 1.29 is 14.3 Å². The zero-order valence-corrected chi connectivity index (χ0v) is 12.4. The molecule has 21 heavy (non-hydrogen) atoms. The molecule has 6 nitrogen and oxygen atoms in total. The van der Waals surface area contributed by atoms with Gasteiger partial charge in [-0.2, -0.15) is 0 Å². The van der Waals surface area contributed by atoms with Crippen molar-refractivity contribution in [2.75, 3.05) is 38.7 Å². The van der Waals surface area contributed by atoms with Crippen LogP contribution >= 0.6 is 0 Å². The molecule has 0 unspecified atom stereocenters. The number of amides is 2. The molecule has 1 heterocycles. The van der Waals surface area contributed by atoms with E-state index < -0.39 is 0 Å². The Labute approximate surface area is 125 Å². The average molecular weight is 293 g/mol. The lowest BCUT2D eigenvalue weighted by molar-refractivity contribution is 0.146. The summed E-state index contributed by atoms with van der Waals surface area (Å²) < 4.78 is 10.5. The number of nitrogens with two attached hydrogens (primary N) is 1. The van der Waals surface area contributed by atoms with Gasteiger partial charge in [0.2, 0.25) is 0 Å². The van der Waals surface area contributed by atoms with Gasteiger partial charge in [-0.25, -0.2) is 4.79 Å². The zero-order chi connectivity index (χ0) is 15.1. The summed E-state index contributed by atoms with van der Waals surface area (Å²) in [7, 11) is 1.65. The third-order valence-electron chi connectivity index (χ3n) is 3.59. The highest BCUT2D eigenvalue weighted by Crippen LogP contribution is 2.19. The number of urea groups is 1. The number of piperidine rings is 1. The molecule has 1 aliphatic rings. The first-order valence-electron chi connectivity index (χ1n) is 7.22. The number of hydrogen-bond donors (Lipinski definition) is 2. The number of hydrogen-bond acceptors (Lipinski definition) is 4. The van der Waals surface area contributed by atoms with Crippen LogP contribution in [0.1, 0.15) is 12.8 Å². The van der Waals surface area contributed by atoms with Crippen molar-refractivity contribution in [2.45, 2.75) is 18.9 Å². The number of carbonyl (C=O) groups is 1. The molecule has 1 fully saturated rings. The van der Waals surface area contributed by atoms with Crippen molar-refractivity contribution in [1.29, 1.82) is 0 Å².